The van der Waals surface area contributed by atoms with E-state index in [-0.39, 0.29) is 5.56 Å². The van der Waals surface area contributed by atoms with Crippen LogP contribution in [0, 0.1) is 0 Å². The number of rotatable bonds is 3. The summed E-state index contributed by atoms with van der Waals surface area (Å²) in [5.74, 6) is -0.990. The van der Waals surface area contributed by atoms with E-state index in [0.29, 0.717) is 10.9 Å². The summed E-state index contributed by atoms with van der Waals surface area (Å²) in [5, 5.41) is 9.26. The van der Waals surface area contributed by atoms with Gasteiger partial charge in [-0.1, -0.05) is 0 Å². The highest BCUT2D eigenvalue weighted by Gasteiger charge is 2.20. The van der Waals surface area contributed by atoms with Gasteiger partial charge in [-0.3, -0.25) is 0 Å². The Morgan fingerprint density at radius 1 is 1.53 bits per heavy atom. The number of hydrogen-bond acceptors (Lipinski definition) is 4. The number of thioether (sulfide) groups is 1. The number of carboxylic acid groups (broad SMARTS) is 1. The molecule has 0 bridgehead atoms. The van der Waals surface area contributed by atoms with Crippen LogP contribution in [0.2, 0.25) is 0 Å². The number of anilines is 1. The molecule has 1 aliphatic rings. The Kier molecular flexibility index (Phi) is 2.83. The molecule has 1 aromatic carbocycles. The van der Waals surface area contributed by atoms with E-state index in [1.54, 1.807) is 30.0 Å². The van der Waals surface area contributed by atoms with Crippen LogP contribution in [0.4, 0.5) is 5.69 Å². The first kappa shape index (κ1) is 10.3. The molecule has 15 heavy (non-hydrogen) atoms. The topological polar surface area (TPSA) is 72.5 Å². The molecule has 4 nitrogen and oxygen atoms in total. The number of carboxylic acids is 1. The molecule has 1 heterocycles. The Morgan fingerprint density at radius 2 is 2.27 bits per heavy atom. The molecule has 1 aromatic rings. The third-order valence-electron chi connectivity index (χ3n) is 2.16. The van der Waals surface area contributed by atoms with E-state index in [0.717, 1.165) is 18.1 Å². The molecule has 0 aromatic heterocycles. The Labute approximate surface area is 91.4 Å². The smallest absolute Gasteiger partial charge is 0.337 e. The number of carbonyl (C=O) groups is 1. The lowest BCUT2D eigenvalue weighted by atomic mass is 10.2. The van der Waals surface area contributed by atoms with Crippen molar-refractivity contribution in [2.24, 2.45) is 0 Å². The van der Waals surface area contributed by atoms with Gasteiger partial charge in [0.1, 0.15) is 0 Å². The van der Waals surface area contributed by atoms with Gasteiger partial charge in [-0.2, -0.15) is 0 Å². The van der Waals surface area contributed by atoms with Crippen molar-refractivity contribution < 1.29 is 14.6 Å². The summed E-state index contributed by atoms with van der Waals surface area (Å²) in [6.07, 6.45) is 0. The highest BCUT2D eigenvalue weighted by Crippen LogP contribution is 2.30. The van der Waals surface area contributed by atoms with Crippen LogP contribution < -0.4 is 5.73 Å². The molecule has 0 amide bonds. The summed E-state index contributed by atoms with van der Waals surface area (Å²) < 4.78 is 5.05. The van der Waals surface area contributed by atoms with Gasteiger partial charge in [0.2, 0.25) is 0 Å². The van der Waals surface area contributed by atoms with E-state index in [4.69, 9.17) is 15.6 Å². The molecule has 0 unspecified atom stereocenters. The third kappa shape index (κ3) is 2.24. The van der Waals surface area contributed by atoms with Crippen molar-refractivity contribution in [3.8, 4) is 0 Å². The van der Waals surface area contributed by atoms with Crippen molar-refractivity contribution in [2.75, 3.05) is 18.9 Å². The van der Waals surface area contributed by atoms with Crippen molar-refractivity contribution in [2.45, 2.75) is 10.1 Å². The van der Waals surface area contributed by atoms with Crippen LogP contribution in [0.5, 0.6) is 0 Å². The van der Waals surface area contributed by atoms with E-state index >= 15 is 0 Å². The number of nitrogens with two attached hydrogens (primary N) is 1. The zero-order valence-electron chi connectivity index (χ0n) is 7.97. The first-order valence-corrected chi connectivity index (χ1v) is 5.42. The average molecular weight is 225 g/mol. The molecule has 1 fully saturated rings. The second-order valence-corrected chi connectivity index (χ2v) is 4.71. The molecular formula is C10H11NO3S. The van der Waals surface area contributed by atoms with Gasteiger partial charge in [0, 0.05) is 10.6 Å². The number of aromatic carboxylic acids is 1. The largest absolute Gasteiger partial charge is 0.478 e. The quantitative estimate of drug-likeness (QED) is 0.762. The monoisotopic (exact) mass is 225 g/mol. The van der Waals surface area contributed by atoms with Crippen LogP contribution in [-0.4, -0.2) is 29.5 Å². The van der Waals surface area contributed by atoms with Gasteiger partial charge in [0.15, 0.2) is 0 Å². The number of benzene rings is 1. The predicted molar refractivity (Wildman–Crippen MR) is 58.3 cm³/mol. The van der Waals surface area contributed by atoms with Gasteiger partial charge in [-0.15, -0.1) is 11.8 Å². The molecule has 0 aliphatic carbocycles. The first-order chi connectivity index (χ1) is 7.16. The molecule has 0 radical (unpaired) electrons. The Bertz CT molecular complexity index is 390. The molecule has 3 N–H and O–H groups in total. The first-order valence-electron chi connectivity index (χ1n) is 4.54. The lowest BCUT2D eigenvalue weighted by Gasteiger charge is -2.25. The molecule has 5 heteroatoms. The maximum Gasteiger partial charge on any atom is 0.337 e. The van der Waals surface area contributed by atoms with Crippen molar-refractivity contribution in [1.29, 1.82) is 0 Å². The van der Waals surface area contributed by atoms with Crippen molar-refractivity contribution >= 4 is 23.4 Å². The van der Waals surface area contributed by atoms with Crippen LogP contribution in [0.1, 0.15) is 10.4 Å². The van der Waals surface area contributed by atoms with Gasteiger partial charge < -0.3 is 15.6 Å². The SMILES string of the molecule is Nc1cc(SC2COC2)ccc1C(=O)O. The molecule has 0 saturated carbocycles. The predicted octanol–water partition coefficient (Wildman–Crippen LogP) is 1.46. The Morgan fingerprint density at radius 3 is 2.73 bits per heavy atom. The second kappa shape index (κ2) is 4.12. The van der Waals surface area contributed by atoms with Crippen LogP contribution >= 0.6 is 11.8 Å². The van der Waals surface area contributed by atoms with Gasteiger partial charge in [-0.05, 0) is 18.2 Å². The van der Waals surface area contributed by atoms with Gasteiger partial charge >= 0.3 is 5.97 Å². The number of nitrogen functional groups attached to an aromatic ring is 1. The van der Waals surface area contributed by atoms with E-state index in [2.05, 4.69) is 0 Å². The normalized spacial score (nSPS) is 16.0. The summed E-state index contributed by atoms with van der Waals surface area (Å²) >= 11 is 1.67. The zero-order valence-corrected chi connectivity index (χ0v) is 8.79. The summed E-state index contributed by atoms with van der Waals surface area (Å²) in [6.45, 7) is 1.51. The zero-order chi connectivity index (χ0) is 10.8. The minimum Gasteiger partial charge on any atom is -0.478 e. The Balaban J connectivity index is 2.13. The molecular weight excluding hydrogens is 214 g/mol. The fourth-order valence-corrected chi connectivity index (χ4v) is 2.34. The molecule has 0 spiro atoms. The van der Waals surface area contributed by atoms with Crippen molar-refractivity contribution in [3.63, 3.8) is 0 Å². The van der Waals surface area contributed by atoms with Gasteiger partial charge in [-0.25, -0.2) is 4.79 Å². The van der Waals surface area contributed by atoms with Gasteiger partial charge in [0.05, 0.1) is 24.0 Å². The van der Waals surface area contributed by atoms with Crippen molar-refractivity contribution in [1.82, 2.24) is 0 Å². The van der Waals surface area contributed by atoms with E-state index in [9.17, 15) is 4.79 Å². The maximum atomic E-state index is 10.7. The summed E-state index contributed by atoms with van der Waals surface area (Å²) in [6, 6.07) is 5.02. The summed E-state index contributed by atoms with van der Waals surface area (Å²) in [7, 11) is 0. The van der Waals surface area contributed by atoms with Crippen LogP contribution in [-0.2, 0) is 4.74 Å². The fourth-order valence-electron chi connectivity index (χ4n) is 1.28. The standard InChI is InChI=1S/C10H11NO3S/c11-9-3-6(15-7-4-14-5-7)1-2-8(9)10(12)13/h1-3,7H,4-5,11H2,(H,12,13). The minimum atomic E-state index is -0.990. The fraction of sp³-hybridized carbons (Fsp3) is 0.300. The highest BCUT2D eigenvalue weighted by molar-refractivity contribution is 8.00. The van der Waals surface area contributed by atoms with Gasteiger partial charge in [0.25, 0.3) is 0 Å². The second-order valence-electron chi connectivity index (χ2n) is 3.33. The van der Waals surface area contributed by atoms with Crippen LogP contribution in [0.25, 0.3) is 0 Å². The molecule has 1 aliphatic heterocycles. The third-order valence-corrected chi connectivity index (χ3v) is 3.30. The maximum absolute atomic E-state index is 10.7. The highest BCUT2D eigenvalue weighted by atomic mass is 32.2. The lowest BCUT2D eigenvalue weighted by Crippen LogP contribution is -2.30. The molecule has 1 saturated heterocycles. The Hall–Kier alpha value is -1.20. The lowest BCUT2D eigenvalue weighted by molar-refractivity contribution is 0.0455. The van der Waals surface area contributed by atoms with Crippen LogP contribution in [0.3, 0.4) is 0 Å². The van der Waals surface area contributed by atoms with E-state index in [1.165, 1.54) is 0 Å². The van der Waals surface area contributed by atoms with Crippen LogP contribution in [0.15, 0.2) is 23.1 Å². The molecule has 0 atom stereocenters. The van der Waals surface area contributed by atoms with E-state index < -0.39 is 5.97 Å². The number of hydrogen-bond donors (Lipinski definition) is 2. The van der Waals surface area contributed by atoms with E-state index in [1.807, 2.05) is 0 Å². The summed E-state index contributed by atoms with van der Waals surface area (Å²) in [4.78, 5) is 11.7. The van der Waals surface area contributed by atoms with Crippen molar-refractivity contribution in [3.05, 3.63) is 23.8 Å². The molecule has 2 rings (SSSR count). The summed E-state index contributed by atoms with van der Waals surface area (Å²) in [5.41, 5.74) is 6.10. The number of ether oxygens (including phenoxy) is 1. The minimum absolute atomic E-state index is 0.157. The molecule has 80 valence electrons. The average Bonchev–Trinajstić information content (AvgIpc) is 2.11.